The number of thiazole rings is 1. The van der Waals surface area contributed by atoms with Gasteiger partial charge in [0.05, 0.1) is 0 Å². The van der Waals surface area contributed by atoms with Crippen LogP contribution in [0.15, 0.2) is 35.4 Å². The predicted molar refractivity (Wildman–Crippen MR) is 82.2 cm³/mol. The van der Waals surface area contributed by atoms with Crippen molar-refractivity contribution in [2.75, 3.05) is 11.6 Å². The van der Waals surface area contributed by atoms with Crippen LogP contribution in [0.2, 0.25) is 0 Å². The molecule has 1 aromatic carbocycles. The molecule has 19 heavy (non-hydrogen) atoms. The average Bonchev–Trinajstić information content (AvgIpc) is 2.85. The summed E-state index contributed by atoms with van der Waals surface area (Å²) in [6, 6.07) is 7.84. The van der Waals surface area contributed by atoms with Gasteiger partial charge in [0.1, 0.15) is 0 Å². The molecule has 0 fully saturated rings. The van der Waals surface area contributed by atoms with Crippen LogP contribution in [0.1, 0.15) is 23.8 Å². The zero-order chi connectivity index (χ0) is 13.7. The molecule has 2 rings (SSSR count). The number of hydrogen-bond donors (Lipinski definition) is 1. The van der Waals surface area contributed by atoms with E-state index in [1.807, 2.05) is 30.5 Å². The molecular weight excluding hydrogens is 276 g/mol. The van der Waals surface area contributed by atoms with Crippen LogP contribution in [0.3, 0.4) is 0 Å². The first-order valence-corrected chi connectivity index (χ1v) is 8.67. The van der Waals surface area contributed by atoms with E-state index in [1.165, 1.54) is 10.4 Å². The summed E-state index contributed by atoms with van der Waals surface area (Å²) in [6.45, 7) is 2.92. The number of anilines is 1. The molecule has 3 nitrogen and oxygen atoms in total. The first-order chi connectivity index (χ1) is 9.19. The van der Waals surface area contributed by atoms with Gasteiger partial charge in [-0.05, 0) is 24.1 Å². The molecule has 1 atom stereocenters. The number of rotatable bonds is 6. The van der Waals surface area contributed by atoms with Gasteiger partial charge in [0.25, 0.3) is 0 Å². The molecule has 0 spiro atoms. The summed E-state index contributed by atoms with van der Waals surface area (Å²) in [5, 5.41) is 4.28. The van der Waals surface area contributed by atoms with Crippen LogP contribution in [0.5, 0.6) is 0 Å². The van der Waals surface area contributed by atoms with E-state index in [9.17, 15) is 4.21 Å². The topological polar surface area (TPSA) is 42.0 Å². The van der Waals surface area contributed by atoms with Gasteiger partial charge in [-0.15, -0.1) is 11.3 Å². The number of nitrogens with zero attached hydrogens (tertiary/aromatic N) is 1. The maximum atomic E-state index is 11.3. The van der Waals surface area contributed by atoms with Gasteiger partial charge in [0.15, 0.2) is 5.13 Å². The van der Waals surface area contributed by atoms with Crippen LogP contribution in [-0.4, -0.2) is 15.4 Å². The summed E-state index contributed by atoms with van der Waals surface area (Å²) in [5.41, 5.74) is 1.17. The number of benzene rings is 1. The molecule has 5 heteroatoms. The Hall–Kier alpha value is -1.20. The zero-order valence-electron chi connectivity index (χ0n) is 11.2. The molecule has 0 saturated heterocycles. The van der Waals surface area contributed by atoms with Gasteiger partial charge in [-0.1, -0.05) is 25.5 Å². The Morgan fingerprint density at radius 1 is 1.32 bits per heavy atom. The lowest BCUT2D eigenvalue weighted by Crippen LogP contribution is -1.99. The Kier molecular flexibility index (Phi) is 5.10. The van der Waals surface area contributed by atoms with Gasteiger partial charge in [0.2, 0.25) is 0 Å². The first-order valence-electron chi connectivity index (χ1n) is 6.30. The molecule has 0 saturated carbocycles. The van der Waals surface area contributed by atoms with E-state index in [4.69, 9.17) is 0 Å². The van der Waals surface area contributed by atoms with Crippen molar-refractivity contribution in [3.05, 3.63) is 40.9 Å². The van der Waals surface area contributed by atoms with Gasteiger partial charge in [-0.3, -0.25) is 4.21 Å². The normalized spacial score (nSPS) is 12.3. The molecule has 0 unspecified atom stereocenters. The summed E-state index contributed by atoms with van der Waals surface area (Å²) in [7, 11) is -0.907. The summed E-state index contributed by atoms with van der Waals surface area (Å²) in [4.78, 5) is 6.54. The van der Waals surface area contributed by atoms with E-state index in [0.29, 0.717) is 0 Å². The molecule has 0 radical (unpaired) electrons. The number of aryl methyl sites for hydroxylation is 1. The van der Waals surface area contributed by atoms with Crippen molar-refractivity contribution < 1.29 is 4.21 Å². The van der Waals surface area contributed by atoms with Crippen molar-refractivity contribution in [2.24, 2.45) is 0 Å². The molecular formula is C14H18N2OS2. The second-order valence-corrected chi connectivity index (χ2v) is 6.83. The maximum Gasteiger partial charge on any atom is 0.183 e. The predicted octanol–water partition coefficient (Wildman–Crippen LogP) is 3.45. The van der Waals surface area contributed by atoms with Crippen LogP contribution in [0.25, 0.3) is 0 Å². The third-order valence-electron chi connectivity index (χ3n) is 2.75. The Bertz CT molecular complexity index is 549. The average molecular weight is 294 g/mol. The van der Waals surface area contributed by atoms with E-state index in [1.54, 1.807) is 17.6 Å². The molecule has 1 heterocycles. The van der Waals surface area contributed by atoms with E-state index in [-0.39, 0.29) is 0 Å². The van der Waals surface area contributed by atoms with E-state index in [2.05, 4.69) is 17.2 Å². The highest BCUT2D eigenvalue weighted by atomic mass is 32.2. The van der Waals surface area contributed by atoms with Crippen molar-refractivity contribution in [2.45, 2.75) is 31.2 Å². The van der Waals surface area contributed by atoms with Crippen LogP contribution < -0.4 is 5.32 Å². The molecule has 0 aliphatic heterocycles. The minimum atomic E-state index is -0.907. The lowest BCUT2D eigenvalue weighted by atomic mass is 10.2. The first kappa shape index (κ1) is 14.2. The quantitative estimate of drug-likeness (QED) is 0.887. The van der Waals surface area contributed by atoms with Crippen LogP contribution in [0.4, 0.5) is 5.13 Å². The molecule has 1 aromatic heterocycles. The van der Waals surface area contributed by atoms with Crippen LogP contribution in [0, 0.1) is 0 Å². The summed E-state index contributed by atoms with van der Waals surface area (Å²) in [6.07, 6.45) is 5.88. The molecule has 102 valence electrons. The molecule has 0 aliphatic carbocycles. The third-order valence-corrected chi connectivity index (χ3v) is 4.70. The second-order valence-electron chi connectivity index (χ2n) is 4.33. The van der Waals surface area contributed by atoms with Crippen molar-refractivity contribution >= 4 is 27.3 Å². The van der Waals surface area contributed by atoms with E-state index in [0.717, 1.165) is 29.4 Å². The minimum Gasteiger partial charge on any atom is -0.357 e. The lowest BCUT2D eigenvalue weighted by molar-refractivity contribution is 0.687. The summed E-state index contributed by atoms with van der Waals surface area (Å²) < 4.78 is 11.3. The molecule has 0 aliphatic rings. The molecule has 0 amide bonds. The van der Waals surface area contributed by atoms with E-state index >= 15 is 0 Å². The van der Waals surface area contributed by atoms with Gasteiger partial charge in [-0.2, -0.15) is 0 Å². The van der Waals surface area contributed by atoms with Gasteiger partial charge in [-0.25, -0.2) is 4.98 Å². The Labute approximate surface area is 120 Å². The van der Waals surface area contributed by atoms with Crippen molar-refractivity contribution in [3.8, 4) is 0 Å². The molecule has 2 aromatic rings. The number of nitrogens with one attached hydrogen (secondary N) is 1. The molecule has 1 N–H and O–H groups in total. The maximum absolute atomic E-state index is 11.3. The van der Waals surface area contributed by atoms with Crippen LogP contribution >= 0.6 is 11.3 Å². The number of aromatic nitrogens is 1. The fourth-order valence-corrected chi connectivity index (χ4v) is 3.16. The molecule has 0 bridgehead atoms. The van der Waals surface area contributed by atoms with Crippen molar-refractivity contribution in [1.29, 1.82) is 0 Å². The highest BCUT2D eigenvalue weighted by Crippen LogP contribution is 2.20. The highest BCUT2D eigenvalue weighted by molar-refractivity contribution is 7.84. The second kappa shape index (κ2) is 6.82. The monoisotopic (exact) mass is 294 g/mol. The fourth-order valence-electron chi connectivity index (χ4n) is 1.73. The highest BCUT2D eigenvalue weighted by Gasteiger charge is 2.02. The summed E-state index contributed by atoms with van der Waals surface area (Å²) in [5.74, 6) is 0. The zero-order valence-corrected chi connectivity index (χ0v) is 12.8. The van der Waals surface area contributed by atoms with Crippen molar-refractivity contribution in [3.63, 3.8) is 0 Å². The standard InChI is InChI=1S/C14H18N2OS2/c1-3-4-12-10-16-14(18-12)15-9-11-5-7-13(8-6-11)19(2)17/h5-8,10H,3-4,9H2,1-2H3,(H,15,16)/t19-/m0/s1. The Balaban J connectivity index is 1.92. The van der Waals surface area contributed by atoms with E-state index < -0.39 is 10.8 Å². The summed E-state index contributed by atoms with van der Waals surface area (Å²) >= 11 is 1.71. The van der Waals surface area contributed by atoms with Gasteiger partial charge < -0.3 is 5.32 Å². The lowest BCUT2D eigenvalue weighted by Gasteiger charge is -2.03. The Morgan fingerprint density at radius 2 is 2.05 bits per heavy atom. The Morgan fingerprint density at radius 3 is 2.68 bits per heavy atom. The fraction of sp³-hybridized carbons (Fsp3) is 0.357. The SMILES string of the molecule is CCCc1cnc(NCc2ccc([S@](C)=O)cc2)s1. The third kappa shape index (κ3) is 4.14. The smallest absolute Gasteiger partial charge is 0.183 e. The van der Waals surface area contributed by atoms with Crippen LogP contribution in [-0.2, 0) is 23.8 Å². The number of hydrogen-bond acceptors (Lipinski definition) is 4. The van der Waals surface area contributed by atoms with Crippen molar-refractivity contribution in [1.82, 2.24) is 4.98 Å². The van der Waals surface area contributed by atoms with Gasteiger partial charge >= 0.3 is 0 Å². The minimum absolute atomic E-state index is 0.746. The largest absolute Gasteiger partial charge is 0.357 e. The van der Waals surface area contributed by atoms with Gasteiger partial charge in [0, 0.05) is 39.6 Å².